The smallest absolute Gasteiger partial charge is 0.344 e. The first kappa shape index (κ1) is 22.5. The quantitative estimate of drug-likeness (QED) is 0.252. The number of amides is 1. The summed E-state index contributed by atoms with van der Waals surface area (Å²) < 4.78 is 5.40. The van der Waals surface area contributed by atoms with E-state index in [2.05, 4.69) is 9.98 Å². The van der Waals surface area contributed by atoms with Crippen LogP contribution in [0.3, 0.4) is 0 Å². The number of nitro benzene ring substituents is 1. The third-order valence-electron chi connectivity index (χ3n) is 4.35. The summed E-state index contributed by atoms with van der Waals surface area (Å²) in [6, 6.07) is 12.0. The molecule has 1 aliphatic rings. The van der Waals surface area contributed by atoms with Gasteiger partial charge in [-0.3, -0.25) is 14.9 Å². The summed E-state index contributed by atoms with van der Waals surface area (Å²) in [6.45, 7) is 6.44. The van der Waals surface area contributed by atoms with Crippen molar-refractivity contribution < 1.29 is 24.4 Å². The number of esters is 1. The lowest BCUT2D eigenvalue weighted by molar-refractivity contribution is -0.384. The van der Waals surface area contributed by atoms with Crippen LogP contribution in [0, 0.1) is 10.1 Å². The van der Waals surface area contributed by atoms with Gasteiger partial charge in [0, 0.05) is 28.8 Å². The van der Waals surface area contributed by atoms with Crippen LogP contribution in [0.2, 0.25) is 0 Å². The van der Waals surface area contributed by atoms with E-state index < -0.39 is 22.4 Å². The molecule has 32 heavy (non-hydrogen) atoms. The van der Waals surface area contributed by atoms with Crippen LogP contribution in [0.5, 0.6) is 0 Å². The lowest BCUT2D eigenvalue weighted by atomic mass is 9.99. The van der Waals surface area contributed by atoms with E-state index in [9.17, 15) is 24.8 Å². The number of amidine groups is 1. The Kier molecular flexibility index (Phi) is 6.02. The van der Waals surface area contributed by atoms with Crippen LogP contribution in [-0.2, 0) is 9.53 Å². The van der Waals surface area contributed by atoms with Gasteiger partial charge in [-0.25, -0.2) is 9.79 Å². The molecule has 0 aromatic heterocycles. The molecule has 1 aliphatic heterocycles. The van der Waals surface area contributed by atoms with Crippen molar-refractivity contribution in [2.75, 3.05) is 0 Å². The highest BCUT2D eigenvalue weighted by molar-refractivity contribution is 6.36. The molecule has 164 valence electrons. The van der Waals surface area contributed by atoms with Gasteiger partial charge in [-0.1, -0.05) is 30.3 Å². The van der Waals surface area contributed by atoms with Gasteiger partial charge in [-0.15, -0.1) is 0 Å². The third kappa shape index (κ3) is 4.77. The number of nitro groups is 1. The number of carbonyl (C=O) groups excluding carboxylic acids is 2. The minimum Gasteiger partial charge on any atom is -0.512 e. The van der Waals surface area contributed by atoms with Crippen molar-refractivity contribution in [2.24, 2.45) is 9.98 Å². The summed E-state index contributed by atoms with van der Waals surface area (Å²) in [5.74, 6) is -1.77. The topological polar surface area (TPSA) is 131 Å². The average Bonchev–Trinajstić information content (AvgIpc) is 3.04. The number of benzene rings is 2. The van der Waals surface area contributed by atoms with Crippen LogP contribution in [0.15, 0.2) is 69.8 Å². The molecule has 0 atom stereocenters. The molecule has 0 radical (unpaired) electrons. The maximum atomic E-state index is 12.8. The van der Waals surface area contributed by atoms with E-state index in [0.717, 1.165) is 6.07 Å². The number of aliphatic imine (C=N–C) groups is 2. The van der Waals surface area contributed by atoms with E-state index in [1.54, 1.807) is 45.0 Å². The van der Waals surface area contributed by atoms with Gasteiger partial charge in [0.2, 0.25) is 0 Å². The summed E-state index contributed by atoms with van der Waals surface area (Å²) in [4.78, 5) is 44.2. The van der Waals surface area contributed by atoms with Crippen molar-refractivity contribution in [2.45, 2.75) is 33.3 Å². The molecule has 3 rings (SSSR count). The zero-order valence-corrected chi connectivity index (χ0v) is 17.9. The molecule has 0 saturated heterocycles. The average molecular weight is 435 g/mol. The molecule has 0 aliphatic carbocycles. The number of hydrogen-bond acceptors (Lipinski definition) is 6. The van der Waals surface area contributed by atoms with Gasteiger partial charge in [0.1, 0.15) is 16.9 Å². The SMILES string of the molecule is CC(O)=C(C(=O)OC(C)(C)C)C1=NC(=NC(=O)c2cccc([N+](=O)[O-])c2)c2ccccc21. The second-order valence-corrected chi connectivity index (χ2v) is 8.02. The van der Waals surface area contributed by atoms with Crippen molar-refractivity contribution in [1.29, 1.82) is 0 Å². The molecule has 2 aromatic rings. The first-order chi connectivity index (χ1) is 15.0. The molecule has 2 aromatic carbocycles. The van der Waals surface area contributed by atoms with Crippen LogP contribution < -0.4 is 0 Å². The minimum atomic E-state index is -0.800. The number of hydrogen-bond donors (Lipinski definition) is 1. The fourth-order valence-electron chi connectivity index (χ4n) is 3.04. The van der Waals surface area contributed by atoms with Gasteiger partial charge in [-0.05, 0) is 33.8 Å². The zero-order chi connectivity index (χ0) is 23.6. The Hall–Kier alpha value is -4.14. The molecule has 9 nitrogen and oxygen atoms in total. The maximum absolute atomic E-state index is 12.8. The van der Waals surface area contributed by atoms with E-state index >= 15 is 0 Å². The summed E-state index contributed by atoms with van der Waals surface area (Å²) in [6.07, 6.45) is 0. The first-order valence-corrected chi connectivity index (χ1v) is 9.67. The monoisotopic (exact) mass is 435 g/mol. The second kappa shape index (κ2) is 8.54. The van der Waals surface area contributed by atoms with Gasteiger partial charge >= 0.3 is 5.97 Å². The molecule has 0 saturated carbocycles. The number of aliphatic hydroxyl groups is 1. The Balaban J connectivity index is 2.08. The molecule has 1 heterocycles. The van der Waals surface area contributed by atoms with E-state index in [4.69, 9.17) is 4.74 Å². The highest BCUT2D eigenvalue weighted by Gasteiger charge is 2.32. The molecular formula is C23H21N3O6. The predicted molar refractivity (Wildman–Crippen MR) is 118 cm³/mol. The number of nitrogens with zero attached hydrogens (tertiary/aromatic N) is 3. The molecule has 0 spiro atoms. The summed E-state index contributed by atoms with van der Waals surface area (Å²) in [5.41, 5.74) is -0.0605. The summed E-state index contributed by atoms with van der Waals surface area (Å²) in [5, 5.41) is 21.2. The highest BCUT2D eigenvalue weighted by Crippen LogP contribution is 2.27. The molecule has 0 unspecified atom stereocenters. The van der Waals surface area contributed by atoms with E-state index in [1.165, 1.54) is 25.1 Å². The van der Waals surface area contributed by atoms with E-state index in [1.807, 2.05) is 0 Å². The Bertz CT molecular complexity index is 1210. The van der Waals surface area contributed by atoms with E-state index in [-0.39, 0.29) is 34.1 Å². The Morgan fingerprint density at radius 2 is 1.75 bits per heavy atom. The largest absolute Gasteiger partial charge is 0.512 e. The third-order valence-corrected chi connectivity index (χ3v) is 4.35. The lowest BCUT2D eigenvalue weighted by Gasteiger charge is -2.21. The summed E-state index contributed by atoms with van der Waals surface area (Å²) in [7, 11) is 0. The summed E-state index contributed by atoms with van der Waals surface area (Å²) >= 11 is 0. The molecule has 0 fully saturated rings. The minimum absolute atomic E-state index is 0.0223. The van der Waals surface area contributed by atoms with Crippen LogP contribution >= 0.6 is 0 Å². The lowest BCUT2D eigenvalue weighted by Crippen LogP contribution is -2.28. The van der Waals surface area contributed by atoms with Crippen LogP contribution in [-0.4, -0.2) is 39.1 Å². The fourth-order valence-corrected chi connectivity index (χ4v) is 3.04. The fraction of sp³-hybridized carbons (Fsp3) is 0.217. The van der Waals surface area contributed by atoms with Gasteiger partial charge in [0.05, 0.1) is 10.6 Å². The van der Waals surface area contributed by atoms with Crippen molar-refractivity contribution in [3.8, 4) is 0 Å². The first-order valence-electron chi connectivity index (χ1n) is 9.67. The molecule has 1 amide bonds. The number of ether oxygens (including phenoxy) is 1. The van der Waals surface area contributed by atoms with Gasteiger partial charge in [0.25, 0.3) is 11.6 Å². The molecule has 1 N–H and O–H groups in total. The van der Waals surface area contributed by atoms with Crippen molar-refractivity contribution in [3.05, 3.63) is 86.7 Å². The van der Waals surface area contributed by atoms with Gasteiger partial charge < -0.3 is 9.84 Å². The predicted octanol–water partition coefficient (Wildman–Crippen LogP) is 4.16. The number of allylic oxidation sites excluding steroid dienone is 1. The second-order valence-electron chi connectivity index (χ2n) is 8.02. The van der Waals surface area contributed by atoms with Gasteiger partial charge in [0.15, 0.2) is 5.84 Å². The number of non-ortho nitro benzene ring substituents is 1. The molecular weight excluding hydrogens is 414 g/mol. The van der Waals surface area contributed by atoms with Crippen LogP contribution in [0.4, 0.5) is 5.69 Å². The molecule has 9 heteroatoms. The van der Waals surface area contributed by atoms with Crippen molar-refractivity contribution >= 4 is 29.1 Å². The standard InChI is InChI=1S/C23H21N3O6/c1-13(27)18(22(29)32-23(2,3)4)19-16-10-5-6-11-17(16)20(24-19)25-21(28)14-8-7-9-15(12-14)26(30)31/h5-12,27H,1-4H3. The van der Waals surface area contributed by atoms with Crippen molar-refractivity contribution in [3.63, 3.8) is 0 Å². The number of rotatable bonds is 4. The zero-order valence-electron chi connectivity index (χ0n) is 17.9. The van der Waals surface area contributed by atoms with E-state index in [0.29, 0.717) is 11.1 Å². The van der Waals surface area contributed by atoms with Crippen molar-refractivity contribution in [1.82, 2.24) is 0 Å². The molecule has 0 bridgehead atoms. The number of aliphatic hydroxyl groups excluding tert-OH is 1. The Morgan fingerprint density at radius 3 is 2.34 bits per heavy atom. The number of fused-ring (bicyclic) bond motifs is 1. The Labute approximate surface area is 183 Å². The van der Waals surface area contributed by atoms with Crippen LogP contribution in [0.25, 0.3) is 0 Å². The number of carbonyl (C=O) groups is 2. The maximum Gasteiger partial charge on any atom is 0.344 e. The van der Waals surface area contributed by atoms with Gasteiger partial charge in [-0.2, -0.15) is 4.99 Å². The highest BCUT2D eigenvalue weighted by atomic mass is 16.6. The Morgan fingerprint density at radius 1 is 1.09 bits per heavy atom. The van der Waals surface area contributed by atoms with Crippen LogP contribution in [0.1, 0.15) is 49.2 Å². The normalized spacial score (nSPS) is 15.0.